The van der Waals surface area contributed by atoms with E-state index in [4.69, 9.17) is 0 Å². The maximum atomic E-state index is 10.8. The first-order valence-electron chi connectivity index (χ1n) is 6.86. The van der Waals surface area contributed by atoms with Crippen molar-refractivity contribution in [2.24, 2.45) is 5.41 Å². The summed E-state index contributed by atoms with van der Waals surface area (Å²) < 4.78 is 0. The highest BCUT2D eigenvalue weighted by Crippen LogP contribution is 2.38. The lowest BCUT2D eigenvalue weighted by molar-refractivity contribution is -0.384. The molecule has 1 aliphatic rings. The maximum absolute atomic E-state index is 10.8. The Labute approximate surface area is 116 Å². The van der Waals surface area contributed by atoms with E-state index < -0.39 is 4.92 Å². The molecule has 0 saturated heterocycles. The Hall–Kier alpha value is -2.11. The van der Waals surface area contributed by atoms with E-state index in [1.54, 1.807) is 6.07 Å². The Morgan fingerprint density at radius 3 is 2.95 bits per heavy atom. The van der Waals surface area contributed by atoms with Crippen LogP contribution in [0.1, 0.15) is 33.1 Å². The van der Waals surface area contributed by atoms with E-state index in [-0.39, 0.29) is 11.1 Å². The van der Waals surface area contributed by atoms with Crippen molar-refractivity contribution < 1.29 is 4.92 Å². The van der Waals surface area contributed by atoms with Crippen LogP contribution in [0.4, 0.5) is 11.6 Å². The maximum Gasteiger partial charge on any atom is 0.271 e. The number of nitrogens with one attached hydrogen (secondary N) is 2. The largest absolute Gasteiger partial charge is 0.353 e. The van der Waals surface area contributed by atoms with Crippen LogP contribution in [0, 0.1) is 15.5 Å². The van der Waals surface area contributed by atoms with Gasteiger partial charge in [0.05, 0.1) is 16.0 Å². The number of rotatable bonds is 3. The van der Waals surface area contributed by atoms with E-state index in [0.717, 1.165) is 11.9 Å². The normalized spacial score (nSPS) is 21.2. The number of fused-ring (bicyclic) bond motifs is 1. The van der Waals surface area contributed by atoms with Gasteiger partial charge in [0.25, 0.3) is 5.69 Å². The first-order chi connectivity index (χ1) is 9.45. The molecule has 20 heavy (non-hydrogen) atoms. The van der Waals surface area contributed by atoms with Gasteiger partial charge in [-0.15, -0.1) is 0 Å². The summed E-state index contributed by atoms with van der Waals surface area (Å²) in [5.74, 6) is 0.695. The second-order valence-electron chi connectivity index (χ2n) is 6.12. The minimum Gasteiger partial charge on any atom is -0.353 e. The molecule has 106 valence electrons. The van der Waals surface area contributed by atoms with Gasteiger partial charge in [-0.2, -0.15) is 0 Å². The summed E-state index contributed by atoms with van der Waals surface area (Å²) in [7, 11) is 0. The van der Waals surface area contributed by atoms with E-state index in [2.05, 4.69) is 29.1 Å². The molecular weight excluding hydrogens is 256 g/mol. The van der Waals surface area contributed by atoms with Crippen LogP contribution in [0.5, 0.6) is 0 Å². The third-order valence-corrected chi connectivity index (χ3v) is 4.24. The highest BCUT2D eigenvalue weighted by Gasteiger charge is 2.34. The van der Waals surface area contributed by atoms with Crippen molar-refractivity contribution in [3.05, 3.63) is 28.3 Å². The van der Waals surface area contributed by atoms with Gasteiger partial charge in [-0.3, -0.25) is 10.1 Å². The molecular formula is C14H18N4O2. The van der Waals surface area contributed by atoms with Crippen LogP contribution in [-0.4, -0.2) is 20.9 Å². The topological polar surface area (TPSA) is 83.8 Å². The summed E-state index contributed by atoms with van der Waals surface area (Å²) in [6.45, 7) is 4.51. The van der Waals surface area contributed by atoms with E-state index >= 15 is 0 Å². The van der Waals surface area contributed by atoms with Crippen molar-refractivity contribution in [1.82, 2.24) is 9.97 Å². The van der Waals surface area contributed by atoms with E-state index in [9.17, 15) is 10.1 Å². The molecule has 1 aromatic heterocycles. The molecule has 0 amide bonds. The van der Waals surface area contributed by atoms with E-state index in [0.29, 0.717) is 17.5 Å². The zero-order valence-corrected chi connectivity index (χ0v) is 11.6. The van der Waals surface area contributed by atoms with Crippen LogP contribution >= 0.6 is 0 Å². The van der Waals surface area contributed by atoms with Gasteiger partial charge in [0.15, 0.2) is 0 Å². The van der Waals surface area contributed by atoms with Crippen LogP contribution in [0.25, 0.3) is 11.0 Å². The van der Waals surface area contributed by atoms with Crippen molar-refractivity contribution in [3.63, 3.8) is 0 Å². The molecule has 6 heteroatoms. The first-order valence-corrected chi connectivity index (χ1v) is 6.86. The number of aromatic nitrogens is 2. The Kier molecular flexibility index (Phi) is 2.88. The number of hydrogen-bond acceptors (Lipinski definition) is 4. The summed E-state index contributed by atoms with van der Waals surface area (Å²) in [4.78, 5) is 18.0. The number of anilines is 1. The summed E-state index contributed by atoms with van der Waals surface area (Å²) in [6.07, 6.45) is 3.55. The summed E-state index contributed by atoms with van der Waals surface area (Å²) in [5.41, 5.74) is 1.77. The van der Waals surface area contributed by atoms with Crippen molar-refractivity contribution >= 4 is 22.7 Å². The molecule has 1 aliphatic carbocycles. The first kappa shape index (κ1) is 12.9. The lowest BCUT2D eigenvalue weighted by atomic mass is 9.87. The fraction of sp³-hybridized carbons (Fsp3) is 0.500. The SMILES string of the molecule is CC1(C)CCCC1Nc1nc2ccc([N+](=O)[O-])cc2[nH]1. The number of imidazole rings is 1. The average molecular weight is 274 g/mol. The molecule has 1 saturated carbocycles. The third kappa shape index (κ3) is 2.21. The molecule has 1 atom stereocenters. The Balaban J connectivity index is 1.88. The molecule has 0 radical (unpaired) electrons. The highest BCUT2D eigenvalue weighted by atomic mass is 16.6. The molecule has 0 spiro atoms. The standard InChI is InChI=1S/C14H18N4O2/c1-14(2)7-3-4-12(14)17-13-15-10-6-5-9(18(19)20)8-11(10)16-13/h5-6,8,12H,3-4,7H2,1-2H3,(H2,15,16,17). The number of non-ortho nitro benzene ring substituents is 1. The second kappa shape index (κ2) is 4.47. The second-order valence-corrected chi connectivity index (χ2v) is 6.12. The van der Waals surface area contributed by atoms with Crippen LogP contribution in [0.3, 0.4) is 0 Å². The zero-order chi connectivity index (χ0) is 14.3. The molecule has 6 nitrogen and oxygen atoms in total. The number of nitrogens with zero attached hydrogens (tertiary/aromatic N) is 2. The van der Waals surface area contributed by atoms with Gasteiger partial charge >= 0.3 is 0 Å². The molecule has 1 fully saturated rings. The number of hydrogen-bond donors (Lipinski definition) is 2. The molecule has 1 aromatic carbocycles. The van der Waals surface area contributed by atoms with Crippen molar-refractivity contribution in [1.29, 1.82) is 0 Å². The van der Waals surface area contributed by atoms with E-state index in [1.807, 2.05) is 0 Å². The molecule has 1 unspecified atom stereocenters. The minimum absolute atomic E-state index is 0.0777. The lowest BCUT2D eigenvalue weighted by Gasteiger charge is -2.27. The third-order valence-electron chi connectivity index (χ3n) is 4.24. The monoisotopic (exact) mass is 274 g/mol. The van der Waals surface area contributed by atoms with Gasteiger partial charge in [-0.1, -0.05) is 20.3 Å². The smallest absolute Gasteiger partial charge is 0.271 e. The fourth-order valence-corrected chi connectivity index (χ4v) is 2.94. The Morgan fingerprint density at radius 2 is 2.30 bits per heavy atom. The van der Waals surface area contributed by atoms with Gasteiger partial charge in [0.2, 0.25) is 5.95 Å². The predicted octanol–water partition coefficient (Wildman–Crippen LogP) is 3.46. The van der Waals surface area contributed by atoms with Crippen molar-refractivity contribution in [2.45, 2.75) is 39.2 Å². The van der Waals surface area contributed by atoms with Crippen LogP contribution in [-0.2, 0) is 0 Å². The van der Waals surface area contributed by atoms with Crippen LogP contribution < -0.4 is 5.32 Å². The van der Waals surface area contributed by atoms with Gasteiger partial charge < -0.3 is 10.3 Å². The van der Waals surface area contributed by atoms with Gasteiger partial charge in [-0.05, 0) is 24.3 Å². The van der Waals surface area contributed by atoms with E-state index in [1.165, 1.54) is 25.0 Å². The summed E-state index contributed by atoms with van der Waals surface area (Å²) >= 11 is 0. The van der Waals surface area contributed by atoms with Gasteiger partial charge in [0, 0.05) is 18.2 Å². The highest BCUT2D eigenvalue weighted by molar-refractivity contribution is 5.79. The molecule has 0 aliphatic heterocycles. The Morgan fingerprint density at radius 1 is 1.50 bits per heavy atom. The Bertz CT molecular complexity index is 662. The zero-order valence-electron chi connectivity index (χ0n) is 11.6. The number of benzene rings is 1. The van der Waals surface area contributed by atoms with Crippen LogP contribution in [0.15, 0.2) is 18.2 Å². The molecule has 0 bridgehead atoms. The summed E-state index contributed by atoms with van der Waals surface area (Å²) in [5, 5.41) is 14.2. The lowest BCUT2D eigenvalue weighted by Crippen LogP contribution is -2.31. The molecule has 1 heterocycles. The van der Waals surface area contributed by atoms with Gasteiger partial charge in [-0.25, -0.2) is 4.98 Å². The number of aromatic amines is 1. The quantitative estimate of drug-likeness (QED) is 0.663. The summed E-state index contributed by atoms with van der Waals surface area (Å²) in [6, 6.07) is 5.06. The van der Waals surface area contributed by atoms with Crippen LogP contribution in [0.2, 0.25) is 0 Å². The molecule has 2 aromatic rings. The van der Waals surface area contributed by atoms with Crippen molar-refractivity contribution in [2.75, 3.05) is 5.32 Å². The fourth-order valence-electron chi connectivity index (χ4n) is 2.94. The van der Waals surface area contributed by atoms with Crippen molar-refractivity contribution in [3.8, 4) is 0 Å². The molecule has 3 rings (SSSR count). The number of H-pyrrole nitrogens is 1. The predicted molar refractivity (Wildman–Crippen MR) is 77.8 cm³/mol. The number of nitro groups is 1. The minimum atomic E-state index is -0.395. The molecule has 2 N–H and O–H groups in total. The number of nitro benzene ring substituents is 1. The average Bonchev–Trinajstić information content (AvgIpc) is 2.92. The van der Waals surface area contributed by atoms with Gasteiger partial charge in [0.1, 0.15) is 0 Å².